The van der Waals surface area contributed by atoms with Crippen LogP contribution >= 0.6 is 15.9 Å². The molecule has 0 saturated heterocycles. The van der Waals surface area contributed by atoms with Gasteiger partial charge in [0.15, 0.2) is 0 Å². The highest BCUT2D eigenvalue weighted by atomic mass is 79.9. The monoisotopic (exact) mass is 340 g/mol. The summed E-state index contributed by atoms with van der Waals surface area (Å²) in [5, 5.41) is 3.56. The van der Waals surface area contributed by atoms with Crippen molar-refractivity contribution in [2.45, 2.75) is 31.2 Å². The molecule has 4 heteroatoms. The highest BCUT2D eigenvalue weighted by Crippen LogP contribution is 2.32. The molecule has 0 heterocycles. The van der Waals surface area contributed by atoms with Crippen LogP contribution in [0.1, 0.15) is 25.7 Å². The fraction of sp³-hybridized carbons (Fsp3) is 0.625. The first kappa shape index (κ1) is 15.8. The van der Waals surface area contributed by atoms with Crippen molar-refractivity contribution in [2.75, 3.05) is 33.8 Å². The third-order valence-corrected chi connectivity index (χ3v) is 4.77. The quantitative estimate of drug-likeness (QED) is 0.771. The zero-order valence-corrected chi connectivity index (χ0v) is 14.1. The predicted molar refractivity (Wildman–Crippen MR) is 87.4 cm³/mol. The molecule has 20 heavy (non-hydrogen) atoms. The van der Waals surface area contributed by atoms with Crippen LogP contribution in [0.25, 0.3) is 0 Å². The van der Waals surface area contributed by atoms with E-state index in [4.69, 9.17) is 4.74 Å². The van der Waals surface area contributed by atoms with Gasteiger partial charge >= 0.3 is 0 Å². The summed E-state index contributed by atoms with van der Waals surface area (Å²) >= 11 is 3.45. The zero-order chi connectivity index (χ0) is 14.4. The summed E-state index contributed by atoms with van der Waals surface area (Å²) in [6, 6.07) is 7.99. The Labute approximate surface area is 130 Å². The van der Waals surface area contributed by atoms with Crippen LogP contribution in [0.5, 0.6) is 5.75 Å². The first-order chi connectivity index (χ1) is 9.62. The Kier molecular flexibility index (Phi) is 5.87. The minimum absolute atomic E-state index is 0.357. The third kappa shape index (κ3) is 4.21. The molecule has 0 radical (unpaired) electrons. The third-order valence-electron chi connectivity index (χ3n) is 4.28. The summed E-state index contributed by atoms with van der Waals surface area (Å²) in [6.07, 6.45) is 5.32. The number of likely N-dealkylation sites (N-methyl/N-ethyl adjacent to an activating group) is 1. The Morgan fingerprint density at radius 1 is 1.30 bits per heavy atom. The van der Waals surface area contributed by atoms with Crippen molar-refractivity contribution < 1.29 is 4.74 Å². The number of halogens is 1. The van der Waals surface area contributed by atoms with E-state index in [0.717, 1.165) is 23.3 Å². The van der Waals surface area contributed by atoms with Gasteiger partial charge in [-0.2, -0.15) is 0 Å². The van der Waals surface area contributed by atoms with Crippen molar-refractivity contribution in [3.63, 3.8) is 0 Å². The molecular formula is C16H25BrN2O. The molecular weight excluding hydrogens is 316 g/mol. The number of ether oxygens (including phenoxy) is 1. The Balaban J connectivity index is 1.68. The highest BCUT2D eigenvalue weighted by Gasteiger charge is 2.35. The van der Waals surface area contributed by atoms with Crippen molar-refractivity contribution in [3.05, 3.63) is 28.7 Å². The topological polar surface area (TPSA) is 24.5 Å². The van der Waals surface area contributed by atoms with Crippen LogP contribution in [0.15, 0.2) is 28.7 Å². The smallest absolute Gasteiger partial charge is 0.120 e. The van der Waals surface area contributed by atoms with E-state index in [0.29, 0.717) is 12.1 Å². The minimum atomic E-state index is 0.357. The number of hydrogen-bond donors (Lipinski definition) is 1. The lowest BCUT2D eigenvalue weighted by molar-refractivity contribution is 0.151. The largest absolute Gasteiger partial charge is 0.492 e. The summed E-state index contributed by atoms with van der Waals surface area (Å²) in [7, 11) is 4.40. The van der Waals surface area contributed by atoms with E-state index in [1.165, 1.54) is 25.7 Å². The molecule has 112 valence electrons. The van der Waals surface area contributed by atoms with Crippen LogP contribution in [0.2, 0.25) is 0 Å². The van der Waals surface area contributed by atoms with Crippen molar-refractivity contribution >= 4 is 15.9 Å². The molecule has 1 aliphatic rings. The number of benzene rings is 1. The van der Waals surface area contributed by atoms with Gasteiger partial charge < -0.3 is 15.0 Å². The standard InChI is InChI=1S/C16H25BrN2O/c1-19(2)16(8-3-4-9-16)13-18-10-11-20-15-7-5-6-14(17)12-15/h5-7,12,18H,3-4,8-11,13H2,1-2H3. The minimum Gasteiger partial charge on any atom is -0.492 e. The first-order valence-electron chi connectivity index (χ1n) is 7.39. The molecule has 0 unspecified atom stereocenters. The van der Waals surface area contributed by atoms with Gasteiger partial charge in [-0.25, -0.2) is 0 Å². The summed E-state index contributed by atoms with van der Waals surface area (Å²) < 4.78 is 6.79. The van der Waals surface area contributed by atoms with Gasteiger partial charge in [0.05, 0.1) is 0 Å². The number of rotatable bonds is 7. The molecule has 0 spiro atoms. The van der Waals surface area contributed by atoms with Gasteiger partial charge in [-0.05, 0) is 45.1 Å². The van der Waals surface area contributed by atoms with Gasteiger partial charge in [0.1, 0.15) is 12.4 Å². The molecule has 1 aromatic carbocycles. The van der Waals surface area contributed by atoms with E-state index in [1.54, 1.807) is 0 Å². The first-order valence-corrected chi connectivity index (χ1v) is 8.18. The second kappa shape index (κ2) is 7.43. The molecule has 0 atom stereocenters. The molecule has 1 saturated carbocycles. The van der Waals surface area contributed by atoms with Gasteiger partial charge in [-0.15, -0.1) is 0 Å². The van der Waals surface area contributed by atoms with Gasteiger partial charge in [0, 0.05) is 23.1 Å². The van der Waals surface area contributed by atoms with Crippen LogP contribution in [0.4, 0.5) is 0 Å². The molecule has 0 bridgehead atoms. The van der Waals surface area contributed by atoms with E-state index in [2.05, 4.69) is 40.2 Å². The zero-order valence-electron chi connectivity index (χ0n) is 12.5. The van der Waals surface area contributed by atoms with E-state index < -0.39 is 0 Å². The average molecular weight is 341 g/mol. The Morgan fingerprint density at radius 2 is 2.05 bits per heavy atom. The van der Waals surface area contributed by atoms with Gasteiger partial charge in [0.25, 0.3) is 0 Å². The summed E-state index contributed by atoms with van der Waals surface area (Å²) in [4.78, 5) is 2.39. The van der Waals surface area contributed by atoms with Crippen molar-refractivity contribution in [1.29, 1.82) is 0 Å². The Hall–Kier alpha value is -0.580. The van der Waals surface area contributed by atoms with Gasteiger partial charge in [-0.1, -0.05) is 34.8 Å². The van der Waals surface area contributed by atoms with Gasteiger partial charge in [0.2, 0.25) is 0 Å². The predicted octanol–water partition coefficient (Wildman–Crippen LogP) is 3.29. The Bertz CT molecular complexity index is 417. The van der Waals surface area contributed by atoms with Crippen LogP contribution in [-0.2, 0) is 0 Å². The molecule has 2 rings (SSSR count). The van der Waals surface area contributed by atoms with Crippen LogP contribution in [0, 0.1) is 0 Å². The molecule has 0 amide bonds. The molecule has 3 nitrogen and oxygen atoms in total. The van der Waals surface area contributed by atoms with E-state index in [9.17, 15) is 0 Å². The van der Waals surface area contributed by atoms with Crippen LogP contribution < -0.4 is 10.1 Å². The average Bonchev–Trinajstić information content (AvgIpc) is 2.88. The number of nitrogens with one attached hydrogen (secondary N) is 1. The van der Waals surface area contributed by atoms with E-state index in [-0.39, 0.29) is 0 Å². The van der Waals surface area contributed by atoms with Gasteiger partial charge in [-0.3, -0.25) is 0 Å². The lowest BCUT2D eigenvalue weighted by Gasteiger charge is -2.36. The molecule has 0 aliphatic heterocycles. The summed E-state index contributed by atoms with van der Waals surface area (Å²) in [6.45, 7) is 2.66. The van der Waals surface area contributed by atoms with Crippen molar-refractivity contribution in [3.8, 4) is 5.75 Å². The number of nitrogens with zero attached hydrogens (tertiary/aromatic N) is 1. The summed E-state index contributed by atoms with van der Waals surface area (Å²) in [5.74, 6) is 0.921. The molecule has 1 aromatic rings. The second-order valence-corrected chi connectivity index (χ2v) is 6.72. The lowest BCUT2D eigenvalue weighted by atomic mass is 9.96. The number of hydrogen-bond acceptors (Lipinski definition) is 3. The Morgan fingerprint density at radius 3 is 2.70 bits per heavy atom. The fourth-order valence-corrected chi connectivity index (χ4v) is 3.31. The second-order valence-electron chi connectivity index (χ2n) is 5.81. The van der Waals surface area contributed by atoms with E-state index >= 15 is 0 Å². The maximum Gasteiger partial charge on any atom is 0.120 e. The normalized spacial score (nSPS) is 17.6. The van der Waals surface area contributed by atoms with Crippen molar-refractivity contribution in [1.82, 2.24) is 10.2 Å². The molecule has 1 fully saturated rings. The SMILES string of the molecule is CN(C)C1(CNCCOc2cccc(Br)c2)CCCC1. The molecule has 1 aliphatic carbocycles. The van der Waals surface area contributed by atoms with Crippen LogP contribution in [-0.4, -0.2) is 44.2 Å². The summed E-state index contributed by atoms with van der Waals surface area (Å²) in [5.41, 5.74) is 0.357. The fourth-order valence-electron chi connectivity index (χ4n) is 2.93. The molecule has 0 aromatic heterocycles. The maximum atomic E-state index is 5.74. The van der Waals surface area contributed by atoms with Crippen LogP contribution in [0.3, 0.4) is 0 Å². The van der Waals surface area contributed by atoms with Crippen molar-refractivity contribution in [2.24, 2.45) is 0 Å². The maximum absolute atomic E-state index is 5.74. The highest BCUT2D eigenvalue weighted by molar-refractivity contribution is 9.10. The van der Waals surface area contributed by atoms with E-state index in [1.807, 2.05) is 24.3 Å². The molecule has 1 N–H and O–H groups in total. The lowest BCUT2D eigenvalue weighted by Crippen LogP contribution is -2.50.